The van der Waals surface area contributed by atoms with Gasteiger partial charge in [0.1, 0.15) is 23.4 Å². The van der Waals surface area contributed by atoms with Crippen molar-refractivity contribution in [3.8, 4) is 0 Å². The summed E-state index contributed by atoms with van der Waals surface area (Å²) in [5, 5.41) is 72.1. The summed E-state index contributed by atoms with van der Waals surface area (Å²) in [7, 11) is 5.18. The number of hydrogen-bond acceptors (Lipinski definition) is 15. The first-order valence-electron chi connectivity index (χ1n) is 18.7. The highest BCUT2D eigenvalue weighted by atomic mass is 16.7. The van der Waals surface area contributed by atoms with Crippen LogP contribution in [0.2, 0.25) is 0 Å². The zero-order chi connectivity index (χ0) is 39.7. The van der Waals surface area contributed by atoms with Crippen molar-refractivity contribution in [3.63, 3.8) is 0 Å². The van der Waals surface area contributed by atoms with E-state index in [-0.39, 0.29) is 37.3 Å². The maximum Gasteiger partial charge on any atom is 0.311 e. The number of hydrogen-bond donors (Lipinski definition) is 6. The summed E-state index contributed by atoms with van der Waals surface area (Å²) in [6.45, 7) is 16.6. The lowest BCUT2D eigenvalue weighted by atomic mass is 9.73. The first kappa shape index (κ1) is 44.9. The van der Waals surface area contributed by atoms with E-state index in [4.69, 9.17) is 28.4 Å². The van der Waals surface area contributed by atoms with E-state index in [9.17, 15) is 35.5 Å². The van der Waals surface area contributed by atoms with Crippen LogP contribution in [0.25, 0.3) is 0 Å². The molecule has 0 radical (unpaired) electrons. The molecule has 3 heterocycles. The van der Waals surface area contributed by atoms with E-state index in [1.807, 2.05) is 25.9 Å². The van der Waals surface area contributed by atoms with Gasteiger partial charge < -0.3 is 64.1 Å². The Hall–Kier alpha value is -1.50. The third kappa shape index (κ3) is 9.30. The van der Waals surface area contributed by atoms with Gasteiger partial charge in [-0.2, -0.15) is 0 Å². The molecule has 0 aromatic heterocycles. The van der Waals surface area contributed by atoms with E-state index >= 15 is 0 Å². The van der Waals surface area contributed by atoms with Crippen molar-refractivity contribution in [3.05, 3.63) is 0 Å². The normalized spacial score (nSPS) is 49.8. The molecular weight excluding hydrogens is 680 g/mol. The maximum absolute atomic E-state index is 14.1. The number of cyclic esters (lactones) is 1. The van der Waals surface area contributed by atoms with Crippen molar-refractivity contribution >= 4 is 11.7 Å². The van der Waals surface area contributed by atoms with Crippen LogP contribution in [0.1, 0.15) is 88.5 Å². The molecule has 3 saturated heterocycles. The second kappa shape index (κ2) is 17.5. The van der Waals surface area contributed by atoms with Crippen LogP contribution in [0.15, 0.2) is 5.16 Å². The SMILES string of the molecule is CCC1OC(=O)C(C)C(OC2OCC(C)(OC)C(O)C2C)C(C)C(OC2OC(C)CC(N(C)C)C2O)C(C)(O)CC(C)C(=NO)C(C)C(O)C1(C)O. The molecule has 0 amide bonds. The lowest BCUT2D eigenvalue weighted by Gasteiger charge is -2.49. The van der Waals surface area contributed by atoms with Crippen molar-refractivity contribution in [1.29, 1.82) is 0 Å². The summed E-state index contributed by atoms with van der Waals surface area (Å²) in [6.07, 6.45) is -9.02. The first-order chi connectivity index (χ1) is 24.0. The smallest absolute Gasteiger partial charge is 0.311 e. The van der Waals surface area contributed by atoms with Gasteiger partial charge in [0.2, 0.25) is 0 Å². The lowest BCUT2D eigenvalue weighted by molar-refractivity contribution is -0.319. The average Bonchev–Trinajstić information content (AvgIpc) is 3.07. The van der Waals surface area contributed by atoms with Gasteiger partial charge >= 0.3 is 5.97 Å². The molecule has 0 saturated carbocycles. The van der Waals surface area contributed by atoms with E-state index in [0.29, 0.717) is 6.42 Å². The summed E-state index contributed by atoms with van der Waals surface area (Å²) in [6, 6.07) is -0.324. The maximum atomic E-state index is 14.1. The van der Waals surface area contributed by atoms with E-state index in [1.165, 1.54) is 14.0 Å². The van der Waals surface area contributed by atoms with Gasteiger partial charge in [-0.3, -0.25) is 4.79 Å². The molecule has 3 rings (SSSR count). The van der Waals surface area contributed by atoms with E-state index in [2.05, 4.69) is 5.16 Å². The molecule has 0 aromatic carbocycles. The number of oxime groups is 1. The Balaban J connectivity index is 2.20. The molecular formula is C37H68N2O13. The van der Waals surface area contributed by atoms with Crippen molar-refractivity contribution in [2.45, 2.75) is 167 Å². The van der Waals surface area contributed by atoms with Crippen LogP contribution in [-0.4, -0.2) is 153 Å². The number of rotatable bonds is 7. The Kier molecular flexibility index (Phi) is 15.1. The highest BCUT2D eigenvalue weighted by molar-refractivity contribution is 5.88. The quantitative estimate of drug-likeness (QED) is 0.125. The Morgan fingerprint density at radius 1 is 0.923 bits per heavy atom. The molecule has 15 nitrogen and oxygen atoms in total. The van der Waals surface area contributed by atoms with Gasteiger partial charge in [0.25, 0.3) is 0 Å². The number of carbonyl (C=O) groups is 1. The molecule has 18 unspecified atom stereocenters. The molecule has 15 heteroatoms. The van der Waals surface area contributed by atoms with Crippen molar-refractivity contribution in [1.82, 2.24) is 4.90 Å². The topological polar surface area (TPSA) is 209 Å². The van der Waals surface area contributed by atoms with Crippen LogP contribution in [0.3, 0.4) is 0 Å². The van der Waals surface area contributed by atoms with E-state index in [0.717, 1.165) is 0 Å². The minimum Gasteiger partial charge on any atom is -0.459 e. The van der Waals surface area contributed by atoms with E-state index in [1.54, 1.807) is 55.4 Å². The summed E-state index contributed by atoms with van der Waals surface area (Å²) >= 11 is 0. The number of carbonyl (C=O) groups excluding carboxylic acids is 1. The van der Waals surface area contributed by atoms with Crippen LogP contribution < -0.4 is 0 Å². The molecule has 3 fully saturated rings. The van der Waals surface area contributed by atoms with Crippen LogP contribution >= 0.6 is 0 Å². The van der Waals surface area contributed by atoms with Gasteiger partial charge in [-0.1, -0.05) is 39.8 Å². The zero-order valence-electron chi connectivity index (χ0n) is 33.4. The molecule has 0 spiro atoms. The van der Waals surface area contributed by atoms with Gasteiger partial charge in [0, 0.05) is 36.8 Å². The van der Waals surface area contributed by atoms with Crippen molar-refractivity contribution in [2.75, 3.05) is 27.8 Å². The third-order valence-corrected chi connectivity index (χ3v) is 12.0. The second-order valence-electron chi connectivity index (χ2n) is 16.7. The monoisotopic (exact) mass is 748 g/mol. The highest BCUT2D eigenvalue weighted by Crippen LogP contribution is 2.41. The second-order valence-corrected chi connectivity index (χ2v) is 16.7. The predicted octanol–water partition coefficient (Wildman–Crippen LogP) is 1.90. The number of esters is 1. The Labute approximate surface area is 309 Å². The number of likely N-dealkylation sites (N-methyl/N-ethyl adjacent to an activating group) is 1. The van der Waals surface area contributed by atoms with Gasteiger partial charge in [0.05, 0.1) is 54.4 Å². The number of nitrogens with zero attached hydrogens (tertiary/aromatic N) is 2. The molecule has 0 aliphatic carbocycles. The average molecular weight is 749 g/mol. The lowest BCUT2D eigenvalue weighted by Crippen LogP contribution is -2.61. The molecule has 304 valence electrons. The van der Waals surface area contributed by atoms with Crippen molar-refractivity contribution in [2.24, 2.45) is 34.7 Å². The molecule has 6 N–H and O–H groups in total. The molecule has 3 aliphatic heterocycles. The molecule has 52 heavy (non-hydrogen) atoms. The summed E-state index contributed by atoms with van der Waals surface area (Å²) < 4.78 is 37.1. The predicted molar refractivity (Wildman–Crippen MR) is 190 cm³/mol. The molecule has 0 aromatic rings. The minimum absolute atomic E-state index is 0.0131. The molecule has 0 bridgehead atoms. The van der Waals surface area contributed by atoms with Gasteiger partial charge in [0.15, 0.2) is 12.6 Å². The Morgan fingerprint density at radius 2 is 1.54 bits per heavy atom. The zero-order valence-corrected chi connectivity index (χ0v) is 33.4. The molecule has 3 aliphatic rings. The van der Waals surface area contributed by atoms with Crippen LogP contribution in [0.4, 0.5) is 0 Å². The fourth-order valence-electron chi connectivity index (χ4n) is 8.53. The first-order valence-corrected chi connectivity index (χ1v) is 18.7. The summed E-state index contributed by atoms with van der Waals surface area (Å²) in [5.74, 6) is -4.90. The number of aliphatic hydroxyl groups is 5. The third-order valence-electron chi connectivity index (χ3n) is 12.0. The summed E-state index contributed by atoms with van der Waals surface area (Å²) in [4.78, 5) is 16.0. The van der Waals surface area contributed by atoms with Crippen LogP contribution in [0.5, 0.6) is 0 Å². The van der Waals surface area contributed by atoms with Gasteiger partial charge in [-0.15, -0.1) is 0 Å². The molecule has 18 atom stereocenters. The number of methoxy groups -OCH3 is 1. The van der Waals surface area contributed by atoms with Crippen LogP contribution in [0, 0.1) is 29.6 Å². The van der Waals surface area contributed by atoms with Crippen molar-refractivity contribution < 1.29 is 64.0 Å². The van der Waals surface area contributed by atoms with E-state index < -0.39 is 102 Å². The minimum atomic E-state index is -1.97. The van der Waals surface area contributed by atoms with Gasteiger partial charge in [-0.05, 0) is 68.0 Å². The fraction of sp³-hybridized carbons (Fsp3) is 0.946. The fourth-order valence-corrected chi connectivity index (χ4v) is 8.53. The Morgan fingerprint density at radius 3 is 2.08 bits per heavy atom. The standard InChI is InChI=1S/C37H68N2O13/c1-14-25-37(10,45)30(42)20(4)26(38-46)18(2)16-35(8,44)31(52-34-27(40)24(39(11)12)15-19(3)49-34)21(5)28(22(6)32(43)50-25)51-33-23(7)29(41)36(9,47-13)17-48-33/h18-25,27-31,33-34,40-42,44-46H,14-17H2,1-13H3. The highest BCUT2D eigenvalue weighted by Gasteiger charge is 2.53. The largest absolute Gasteiger partial charge is 0.459 e. The summed E-state index contributed by atoms with van der Waals surface area (Å²) in [5.41, 5.74) is -4.65. The number of ether oxygens (including phenoxy) is 6. The number of aliphatic hydroxyl groups excluding tert-OH is 3. The Bertz CT molecular complexity index is 1200. The van der Waals surface area contributed by atoms with Crippen LogP contribution in [-0.2, 0) is 33.2 Å². The van der Waals surface area contributed by atoms with Gasteiger partial charge in [-0.25, -0.2) is 0 Å².